The normalized spacial score (nSPS) is 27.8. The number of carbonyl (C=O) groups is 1. The molecule has 1 aromatic carbocycles. The first-order valence-electron chi connectivity index (χ1n) is 9.48. The highest BCUT2D eigenvalue weighted by Gasteiger charge is 2.33. The smallest absolute Gasteiger partial charge is 0.251 e. The lowest BCUT2D eigenvalue weighted by atomic mass is 9.93. The Labute approximate surface area is 164 Å². The first-order valence-corrected chi connectivity index (χ1v) is 11.6. The molecule has 1 N–H and O–H groups in total. The van der Waals surface area contributed by atoms with Gasteiger partial charge in [-0.05, 0) is 81.6 Å². The summed E-state index contributed by atoms with van der Waals surface area (Å²) < 4.78 is 1.00. The van der Waals surface area contributed by atoms with E-state index in [1.807, 2.05) is 36.0 Å². The van der Waals surface area contributed by atoms with Crippen molar-refractivity contribution in [1.29, 1.82) is 0 Å². The minimum atomic E-state index is 0.0540. The quantitative estimate of drug-likeness (QED) is 0.702. The van der Waals surface area contributed by atoms with Crippen LogP contribution in [0.25, 0.3) is 0 Å². The Morgan fingerprint density at radius 3 is 2.60 bits per heavy atom. The van der Waals surface area contributed by atoms with Crippen molar-refractivity contribution in [1.82, 2.24) is 10.2 Å². The van der Waals surface area contributed by atoms with E-state index in [0.29, 0.717) is 12.0 Å². The zero-order valence-corrected chi connectivity index (χ0v) is 17.4. The maximum atomic E-state index is 12.5. The van der Waals surface area contributed by atoms with E-state index in [1.165, 1.54) is 51.6 Å². The Morgan fingerprint density at radius 1 is 1.20 bits per heavy atom. The van der Waals surface area contributed by atoms with E-state index in [1.54, 1.807) is 0 Å². The van der Waals surface area contributed by atoms with Crippen molar-refractivity contribution < 1.29 is 4.79 Å². The highest BCUT2D eigenvalue weighted by molar-refractivity contribution is 9.10. The first-order chi connectivity index (χ1) is 12.2. The molecular formula is C20H29BrN2OS. The molecule has 1 aliphatic heterocycles. The van der Waals surface area contributed by atoms with Gasteiger partial charge in [-0.3, -0.25) is 4.79 Å². The summed E-state index contributed by atoms with van der Waals surface area (Å²) in [5, 5.41) is 3.99. The van der Waals surface area contributed by atoms with Crippen LogP contribution in [0.1, 0.15) is 48.9 Å². The summed E-state index contributed by atoms with van der Waals surface area (Å²) in [7, 11) is 0. The van der Waals surface area contributed by atoms with Crippen molar-refractivity contribution in [2.75, 3.05) is 25.9 Å². The summed E-state index contributed by atoms with van der Waals surface area (Å²) in [5.74, 6) is 0.632. The number of thioether (sulfide) groups is 1. The Kier molecular flexibility index (Phi) is 7.26. The fourth-order valence-electron chi connectivity index (χ4n) is 4.28. The van der Waals surface area contributed by atoms with Crippen LogP contribution < -0.4 is 5.32 Å². The number of likely N-dealkylation sites (tertiary alicyclic amines) is 1. The standard InChI is InChI=1S/C20H29BrN2OS/c1-25-18-6-4-5-16(19(13-18)23-11-2-3-12-23)14-22-20(24)15-7-9-17(21)10-8-15/h7-10,16,18-19H,2-6,11-14H2,1H3,(H,22,24). The SMILES string of the molecule is CSC1CCCC(CNC(=O)c2ccc(Br)cc2)C(N2CCCC2)C1. The molecule has 0 radical (unpaired) electrons. The maximum Gasteiger partial charge on any atom is 0.251 e. The molecule has 0 aromatic heterocycles. The molecule has 1 amide bonds. The van der Waals surface area contributed by atoms with Gasteiger partial charge in [-0.15, -0.1) is 0 Å². The predicted octanol–water partition coefficient (Wildman–Crippen LogP) is 4.57. The van der Waals surface area contributed by atoms with Crippen molar-refractivity contribution in [2.24, 2.45) is 5.92 Å². The molecular weight excluding hydrogens is 396 g/mol. The molecule has 1 heterocycles. The van der Waals surface area contributed by atoms with Gasteiger partial charge in [0.15, 0.2) is 0 Å². The van der Waals surface area contributed by atoms with Crippen LogP contribution in [-0.4, -0.2) is 48.0 Å². The number of hydrogen-bond donors (Lipinski definition) is 1. The van der Waals surface area contributed by atoms with Crippen LogP contribution in [0.15, 0.2) is 28.7 Å². The molecule has 3 rings (SSSR count). The number of nitrogens with zero attached hydrogens (tertiary/aromatic N) is 1. The molecule has 3 nitrogen and oxygen atoms in total. The average molecular weight is 425 g/mol. The van der Waals surface area contributed by atoms with Gasteiger partial charge in [0.05, 0.1) is 0 Å². The van der Waals surface area contributed by atoms with Gasteiger partial charge in [0.1, 0.15) is 0 Å². The molecule has 5 heteroatoms. The molecule has 0 bridgehead atoms. The second-order valence-electron chi connectivity index (χ2n) is 7.31. The highest BCUT2D eigenvalue weighted by atomic mass is 79.9. The van der Waals surface area contributed by atoms with Crippen molar-refractivity contribution in [3.63, 3.8) is 0 Å². The topological polar surface area (TPSA) is 32.3 Å². The Morgan fingerprint density at radius 2 is 1.92 bits per heavy atom. The number of benzene rings is 1. The minimum absolute atomic E-state index is 0.0540. The molecule has 1 aliphatic carbocycles. The van der Waals surface area contributed by atoms with Gasteiger partial charge in [0.2, 0.25) is 0 Å². The van der Waals surface area contributed by atoms with Crippen LogP contribution >= 0.6 is 27.7 Å². The van der Waals surface area contributed by atoms with Crippen LogP contribution in [0.4, 0.5) is 0 Å². The third-order valence-electron chi connectivity index (χ3n) is 5.72. The number of hydrogen-bond acceptors (Lipinski definition) is 3. The lowest BCUT2D eigenvalue weighted by Crippen LogP contribution is -2.44. The van der Waals surface area contributed by atoms with Crippen molar-refractivity contribution in [2.45, 2.75) is 49.8 Å². The van der Waals surface area contributed by atoms with Crippen molar-refractivity contribution in [3.8, 4) is 0 Å². The maximum absolute atomic E-state index is 12.5. The van der Waals surface area contributed by atoms with Gasteiger partial charge in [-0.25, -0.2) is 0 Å². The second kappa shape index (κ2) is 9.43. The fraction of sp³-hybridized carbons (Fsp3) is 0.650. The van der Waals surface area contributed by atoms with Gasteiger partial charge >= 0.3 is 0 Å². The lowest BCUT2D eigenvalue weighted by Gasteiger charge is -2.34. The van der Waals surface area contributed by atoms with Crippen LogP contribution in [0, 0.1) is 5.92 Å². The van der Waals surface area contributed by atoms with Crippen LogP contribution in [0.3, 0.4) is 0 Å². The van der Waals surface area contributed by atoms with Crippen molar-refractivity contribution >= 4 is 33.6 Å². The van der Waals surface area contributed by atoms with Crippen LogP contribution in [0.5, 0.6) is 0 Å². The number of halogens is 1. The van der Waals surface area contributed by atoms with Crippen LogP contribution in [0.2, 0.25) is 0 Å². The Balaban J connectivity index is 1.63. The summed E-state index contributed by atoms with van der Waals surface area (Å²) >= 11 is 5.45. The number of nitrogens with one attached hydrogen (secondary N) is 1. The third-order valence-corrected chi connectivity index (χ3v) is 7.35. The van der Waals surface area contributed by atoms with Gasteiger partial charge in [-0.1, -0.05) is 22.4 Å². The molecule has 1 saturated heterocycles. The van der Waals surface area contributed by atoms with E-state index in [2.05, 4.69) is 32.4 Å². The molecule has 138 valence electrons. The molecule has 3 atom stereocenters. The summed E-state index contributed by atoms with van der Waals surface area (Å²) in [6.45, 7) is 3.28. The monoisotopic (exact) mass is 424 g/mol. The predicted molar refractivity (Wildman–Crippen MR) is 110 cm³/mol. The highest BCUT2D eigenvalue weighted by Crippen LogP contribution is 2.33. The third kappa shape index (κ3) is 5.24. The van der Waals surface area contributed by atoms with E-state index in [9.17, 15) is 4.79 Å². The van der Waals surface area contributed by atoms with E-state index in [-0.39, 0.29) is 5.91 Å². The summed E-state index contributed by atoms with van der Waals surface area (Å²) in [6.07, 6.45) is 10.0. The van der Waals surface area contributed by atoms with Gasteiger partial charge in [0, 0.05) is 27.9 Å². The summed E-state index contributed by atoms with van der Waals surface area (Å²) in [6, 6.07) is 8.25. The second-order valence-corrected chi connectivity index (χ2v) is 9.37. The number of amides is 1. The van der Waals surface area contributed by atoms with E-state index < -0.39 is 0 Å². The lowest BCUT2D eigenvalue weighted by molar-refractivity contribution is 0.0927. The molecule has 1 saturated carbocycles. The minimum Gasteiger partial charge on any atom is -0.352 e. The molecule has 2 fully saturated rings. The molecule has 1 aromatic rings. The Bertz CT molecular complexity index is 559. The van der Waals surface area contributed by atoms with Gasteiger partial charge < -0.3 is 10.2 Å². The van der Waals surface area contributed by atoms with E-state index in [0.717, 1.165) is 21.8 Å². The summed E-state index contributed by atoms with van der Waals surface area (Å²) in [4.78, 5) is 15.2. The number of rotatable bonds is 5. The average Bonchev–Trinajstić information content (AvgIpc) is 3.08. The van der Waals surface area contributed by atoms with Gasteiger partial charge in [0.25, 0.3) is 5.91 Å². The molecule has 3 unspecified atom stereocenters. The van der Waals surface area contributed by atoms with E-state index >= 15 is 0 Å². The number of carbonyl (C=O) groups excluding carboxylic acids is 1. The largest absolute Gasteiger partial charge is 0.352 e. The molecule has 25 heavy (non-hydrogen) atoms. The van der Waals surface area contributed by atoms with Crippen molar-refractivity contribution in [3.05, 3.63) is 34.3 Å². The Hall–Kier alpha value is -0.520. The van der Waals surface area contributed by atoms with Gasteiger partial charge in [-0.2, -0.15) is 11.8 Å². The zero-order valence-electron chi connectivity index (χ0n) is 15.0. The zero-order chi connectivity index (χ0) is 17.6. The fourth-order valence-corrected chi connectivity index (χ4v) is 5.34. The van der Waals surface area contributed by atoms with E-state index in [4.69, 9.17) is 0 Å². The molecule has 2 aliphatic rings. The first kappa shape index (κ1) is 19.2. The van der Waals surface area contributed by atoms with Crippen LogP contribution in [-0.2, 0) is 0 Å². The summed E-state index contributed by atoms with van der Waals surface area (Å²) in [5.41, 5.74) is 0.747. The molecule has 0 spiro atoms.